The van der Waals surface area contributed by atoms with E-state index in [9.17, 15) is 18.4 Å². The molecule has 8 heteroatoms. The number of amides is 2. The number of aryl methyl sites for hydroxylation is 1. The summed E-state index contributed by atoms with van der Waals surface area (Å²) in [5.41, 5.74) is 1.91. The number of hydrogen-bond donors (Lipinski definition) is 2. The van der Waals surface area contributed by atoms with Gasteiger partial charge < -0.3 is 0 Å². The van der Waals surface area contributed by atoms with Crippen LogP contribution in [0.2, 0.25) is 0 Å². The molecule has 1 fully saturated rings. The Balaban J connectivity index is 0.00000149. The second-order valence-electron chi connectivity index (χ2n) is 7.52. The van der Waals surface area contributed by atoms with Crippen molar-refractivity contribution in [3.05, 3.63) is 83.1 Å². The predicted octanol–water partition coefficient (Wildman–Crippen LogP) is 4.39. The summed E-state index contributed by atoms with van der Waals surface area (Å²) < 4.78 is 27.9. The molecule has 2 amide bonds. The van der Waals surface area contributed by atoms with Crippen LogP contribution in [0.1, 0.15) is 42.6 Å². The standard InChI is InChI=1S/C23H19BF2N3O2.C2H6/c1-13-5-6-14(22(30)27-16-8-9-16)11-18(13)28-23(31)15-7-10-20(24)29(12-15)19-4-2-3-17(25)21(19)26;1-2/h2-7,10-12,16H,8-9H2,1H3,(H,27,30)(H,28,31);1-2H3. The van der Waals surface area contributed by atoms with Gasteiger partial charge in [-0.15, -0.1) is 0 Å². The predicted molar refractivity (Wildman–Crippen MR) is 128 cm³/mol. The summed E-state index contributed by atoms with van der Waals surface area (Å²) in [5, 5.41) is 5.68. The molecule has 5 nitrogen and oxygen atoms in total. The van der Waals surface area contributed by atoms with Gasteiger partial charge in [-0.25, -0.2) is 0 Å². The van der Waals surface area contributed by atoms with Crippen molar-refractivity contribution in [1.82, 2.24) is 5.32 Å². The Morgan fingerprint density at radius 3 is 2.48 bits per heavy atom. The number of rotatable bonds is 5. The van der Waals surface area contributed by atoms with Crippen molar-refractivity contribution in [2.45, 2.75) is 39.7 Å². The van der Waals surface area contributed by atoms with Crippen molar-refractivity contribution >= 4 is 36.3 Å². The number of hydrogen-bond acceptors (Lipinski definition) is 3. The first-order valence-corrected chi connectivity index (χ1v) is 10.8. The summed E-state index contributed by atoms with van der Waals surface area (Å²) in [4.78, 5) is 26.4. The molecule has 0 saturated heterocycles. The van der Waals surface area contributed by atoms with Crippen LogP contribution in [0.5, 0.6) is 0 Å². The average molecular weight is 448 g/mol. The number of nitrogens with zero attached hydrogens (tertiary/aromatic N) is 1. The Hall–Kier alpha value is -3.55. The van der Waals surface area contributed by atoms with E-state index in [4.69, 9.17) is 7.49 Å². The van der Waals surface area contributed by atoms with Crippen molar-refractivity contribution in [1.29, 1.82) is 0 Å². The fraction of sp³-hybridized carbons (Fsp3) is 0.240. The molecule has 2 N–H and O–H groups in total. The van der Waals surface area contributed by atoms with E-state index in [0.717, 1.165) is 24.5 Å². The molecule has 1 saturated carbocycles. The number of anilines is 2. The topological polar surface area (TPSA) is 61.4 Å². The minimum absolute atomic E-state index is 0.109. The van der Waals surface area contributed by atoms with Crippen molar-refractivity contribution in [3.8, 4) is 0 Å². The van der Waals surface area contributed by atoms with E-state index in [-0.39, 0.29) is 28.8 Å². The summed E-state index contributed by atoms with van der Waals surface area (Å²) in [5.74, 6) is -2.75. The van der Waals surface area contributed by atoms with Gasteiger partial charge in [0.15, 0.2) is 0 Å². The normalized spacial score (nSPS) is 14.7. The third kappa shape index (κ3) is 5.63. The molecule has 2 aromatic rings. The van der Waals surface area contributed by atoms with Gasteiger partial charge in [-0.1, -0.05) is 13.8 Å². The third-order valence-corrected chi connectivity index (χ3v) is 5.09. The molecule has 4 rings (SSSR count). The fourth-order valence-electron chi connectivity index (χ4n) is 3.12. The average Bonchev–Trinajstić information content (AvgIpc) is 3.63. The molecule has 1 heterocycles. The van der Waals surface area contributed by atoms with E-state index in [2.05, 4.69) is 10.6 Å². The van der Waals surface area contributed by atoms with E-state index in [1.807, 2.05) is 20.8 Å². The summed E-state index contributed by atoms with van der Waals surface area (Å²) in [7, 11) is 5.91. The molecule has 1 aliphatic carbocycles. The molecule has 0 spiro atoms. The van der Waals surface area contributed by atoms with E-state index in [1.54, 1.807) is 18.2 Å². The van der Waals surface area contributed by atoms with E-state index in [1.165, 1.54) is 35.4 Å². The van der Waals surface area contributed by atoms with E-state index >= 15 is 0 Å². The van der Waals surface area contributed by atoms with Gasteiger partial charge in [-0.05, 0) is 12.8 Å². The second kappa shape index (κ2) is 10.4. The Labute approximate surface area is 193 Å². The first-order valence-electron chi connectivity index (χ1n) is 10.8. The minimum atomic E-state index is -1.07. The molecule has 33 heavy (non-hydrogen) atoms. The summed E-state index contributed by atoms with van der Waals surface area (Å²) >= 11 is 0. The van der Waals surface area contributed by atoms with Crippen molar-refractivity contribution in [2.75, 3.05) is 10.2 Å². The molecule has 0 atom stereocenters. The quantitative estimate of drug-likeness (QED) is 0.668. The number of nitrogens with one attached hydrogen (secondary N) is 2. The van der Waals surface area contributed by atoms with Crippen LogP contribution in [0.3, 0.4) is 0 Å². The van der Waals surface area contributed by atoms with Gasteiger partial charge in [0, 0.05) is 0 Å². The summed E-state index contributed by atoms with van der Waals surface area (Å²) in [6.07, 6.45) is 6.21. The monoisotopic (exact) mass is 448 g/mol. The molecule has 0 unspecified atom stereocenters. The van der Waals surface area contributed by atoms with Crippen LogP contribution in [0.25, 0.3) is 0 Å². The molecular weight excluding hydrogens is 423 g/mol. The maximum absolute atomic E-state index is 14.2. The van der Waals surface area contributed by atoms with Gasteiger partial charge in [0.2, 0.25) is 0 Å². The van der Waals surface area contributed by atoms with Crippen LogP contribution in [-0.4, -0.2) is 30.9 Å². The number of benzene rings is 2. The summed E-state index contributed by atoms with van der Waals surface area (Å²) in [6, 6.07) is 9.01. The first kappa shape index (κ1) is 24.1. The Morgan fingerprint density at radius 1 is 1.06 bits per heavy atom. The van der Waals surface area contributed by atoms with Crippen molar-refractivity contribution in [3.63, 3.8) is 0 Å². The Kier molecular flexibility index (Phi) is 7.58. The molecule has 1 radical (unpaired) electrons. The molecule has 169 valence electrons. The molecule has 2 aliphatic rings. The first-order chi connectivity index (χ1) is 15.8. The molecule has 2 aromatic carbocycles. The van der Waals surface area contributed by atoms with Crippen LogP contribution < -0.4 is 15.5 Å². The van der Waals surface area contributed by atoms with Crippen LogP contribution in [0.4, 0.5) is 20.2 Å². The zero-order valence-corrected chi connectivity index (χ0v) is 18.8. The zero-order chi connectivity index (χ0) is 24.1. The molecular formula is C25H25BF2N3O2. The second-order valence-corrected chi connectivity index (χ2v) is 7.52. The van der Waals surface area contributed by atoms with Crippen molar-refractivity contribution < 1.29 is 18.4 Å². The summed E-state index contributed by atoms with van der Waals surface area (Å²) in [6.45, 7) is 5.81. The van der Waals surface area contributed by atoms with Gasteiger partial charge in [0.25, 0.3) is 0 Å². The molecule has 0 aromatic heterocycles. The number of carbonyl (C=O) groups excluding carboxylic acids is 2. The van der Waals surface area contributed by atoms with Crippen LogP contribution >= 0.6 is 0 Å². The van der Waals surface area contributed by atoms with Gasteiger partial charge in [0.05, 0.1) is 0 Å². The van der Waals surface area contributed by atoms with Crippen molar-refractivity contribution in [2.24, 2.45) is 0 Å². The third-order valence-electron chi connectivity index (χ3n) is 5.09. The Morgan fingerprint density at radius 2 is 1.79 bits per heavy atom. The zero-order valence-electron chi connectivity index (χ0n) is 18.8. The van der Waals surface area contributed by atoms with Crippen LogP contribution in [0.15, 0.2) is 60.3 Å². The van der Waals surface area contributed by atoms with Crippen LogP contribution in [0, 0.1) is 18.6 Å². The van der Waals surface area contributed by atoms with Gasteiger partial charge in [-0.2, -0.15) is 0 Å². The van der Waals surface area contributed by atoms with Gasteiger partial charge >= 0.3 is 166 Å². The number of carbonyl (C=O) groups is 2. The van der Waals surface area contributed by atoms with E-state index < -0.39 is 17.5 Å². The Bertz CT molecular complexity index is 1160. The van der Waals surface area contributed by atoms with Crippen LogP contribution in [-0.2, 0) is 4.79 Å². The van der Waals surface area contributed by atoms with Gasteiger partial charge in [0.1, 0.15) is 0 Å². The SMILES string of the molecule is CC.[B]=C1C=CC(C(=O)Nc2cc(C(=O)NC3CC3)ccc2C)=CN1c1cccc(F)c1F. The number of halogens is 2. The fourth-order valence-corrected chi connectivity index (χ4v) is 3.12. The molecule has 1 aliphatic heterocycles. The van der Waals surface area contributed by atoms with Gasteiger partial charge in [-0.3, -0.25) is 0 Å². The maximum atomic E-state index is 14.2. The van der Waals surface area contributed by atoms with E-state index in [0.29, 0.717) is 11.3 Å². The molecule has 0 bridgehead atoms.